The lowest BCUT2D eigenvalue weighted by atomic mass is 10.3. The van der Waals surface area contributed by atoms with E-state index in [2.05, 4.69) is 16.9 Å². The number of thiocarbonyl (C=S) groups is 1. The molecule has 100 valence electrons. The fraction of sp³-hybridized carbons (Fsp3) is 0.300. The molecule has 0 radical (unpaired) electrons. The molecular formula is C10H12ClFN2O2S2. The van der Waals surface area contributed by atoms with Crippen LogP contribution < -0.4 is 10.5 Å². The third-order valence-corrected chi connectivity index (χ3v) is 4.83. The number of hydrogen-bond acceptors (Lipinski definition) is 3. The van der Waals surface area contributed by atoms with E-state index in [4.69, 9.17) is 17.3 Å². The highest BCUT2D eigenvalue weighted by Gasteiger charge is 2.27. The molecule has 0 saturated carbocycles. The van der Waals surface area contributed by atoms with Gasteiger partial charge < -0.3 is 5.73 Å². The molecule has 0 aliphatic carbocycles. The summed E-state index contributed by atoms with van der Waals surface area (Å²) >= 11 is 10.2. The zero-order valence-electron chi connectivity index (χ0n) is 9.48. The Hall–Kier alpha value is -0.920. The molecule has 0 spiro atoms. The molecule has 0 fully saturated rings. The minimum Gasteiger partial charge on any atom is -0.392 e. The zero-order chi connectivity index (χ0) is 13.9. The maximum absolute atomic E-state index is 13.6. The molecule has 0 saturated heterocycles. The molecule has 3 N–H and O–H groups in total. The van der Waals surface area contributed by atoms with E-state index in [0.29, 0.717) is 0 Å². The number of sulfonamides is 1. The van der Waals surface area contributed by atoms with Crippen molar-refractivity contribution < 1.29 is 12.8 Å². The van der Waals surface area contributed by atoms with Gasteiger partial charge in [-0.2, -0.15) is 0 Å². The fourth-order valence-corrected chi connectivity index (χ4v) is 3.45. The Morgan fingerprint density at radius 3 is 2.72 bits per heavy atom. The number of benzene rings is 1. The van der Waals surface area contributed by atoms with Gasteiger partial charge in [-0.05, 0) is 18.6 Å². The monoisotopic (exact) mass is 310 g/mol. The fourth-order valence-electron chi connectivity index (χ4n) is 1.38. The minimum absolute atomic E-state index is 0.160. The van der Waals surface area contributed by atoms with E-state index in [1.54, 1.807) is 6.92 Å². The molecule has 1 unspecified atom stereocenters. The van der Waals surface area contributed by atoms with E-state index in [-0.39, 0.29) is 22.1 Å². The van der Waals surface area contributed by atoms with E-state index in [1.165, 1.54) is 18.2 Å². The average Bonchev–Trinajstić information content (AvgIpc) is 2.24. The number of halogens is 2. The molecule has 0 bridgehead atoms. The first-order valence-electron chi connectivity index (χ1n) is 5.04. The van der Waals surface area contributed by atoms with Crippen molar-refractivity contribution in [3.8, 4) is 0 Å². The highest BCUT2D eigenvalue weighted by molar-refractivity contribution is 7.95. The van der Waals surface area contributed by atoms with Crippen LogP contribution in [0.5, 0.6) is 0 Å². The average molecular weight is 311 g/mol. The lowest BCUT2D eigenvalue weighted by Crippen LogP contribution is -2.37. The second-order valence-corrected chi connectivity index (χ2v) is 6.29. The van der Waals surface area contributed by atoms with Crippen LogP contribution in [-0.2, 0) is 10.0 Å². The van der Waals surface area contributed by atoms with Crippen LogP contribution in [0.15, 0.2) is 18.2 Å². The standard InChI is InChI=1S/C10H12ClFN2O2S2/c1-2-8(10(13)17)18(15,16)14-7-5-3-4-6(11)9(7)12/h3-5,8,14H,2H2,1H3,(H2,13,17). The van der Waals surface area contributed by atoms with Crippen molar-refractivity contribution in [2.45, 2.75) is 18.6 Å². The summed E-state index contributed by atoms with van der Waals surface area (Å²) in [5.74, 6) is -0.833. The molecule has 0 aromatic heterocycles. The number of anilines is 1. The third kappa shape index (κ3) is 3.30. The maximum Gasteiger partial charge on any atom is 0.242 e. The SMILES string of the molecule is CCC(C(N)=S)S(=O)(=O)Nc1cccc(Cl)c1F. The summed E-state index contributed by atoms with van der Waals surface area (Å²) in [6.07, 6.45) is 0.201. The van der Waals surface area contributed by atoms with Gasteiger partial charge in [-0.25, -0.2) is 12.8 Å². The molecule has 0 heterocycles. The largest absolute Gasteiger partial charge is 0.392 e. The van der Waals surface area contributed by atoms with E-state index in [0.717, 1.165) is 0 Å². The molecule has 4 nitrogen and oxygen atoms in total. The molecule has 0 aliphatic heterocycles. The third-order valence-electron chi connectivity index (χ3n) is 2.27. The smallest absolute Gasteiger partial charge is 0.242 e. The van der Waals surface area contributed by atoms with Crippen LogP contribution in [0.25, 0.3) is 0 Å². The summed E-state index contributed by atoms with van der Waals surface area (Å²) in [5, 5.41) is -1.22. The number of nitrogens with one attached hydrogen (secondary N) is 1. The van der Waals surface area contributed by atoms with Gasteiger partial charge in [0.25, 0.3) is 0 Å². The predicted octanol–water partition coefficient (Wildman–Crippen LogP) is 2.29. The van der Waals surface area contributed by atoms with Crippen molar-refractivity contribution in [1.29, 1.82) is 0 Å². The summed E-state index contributed by atoms with van der Waals surface area (Å²) in [6, 6.07) is 4.02. The predicted molar refractivity (Wildman–Crippen MR) is 74.8 cm³/mol. The molecule has 1 rings (SSSR count). The van der Waals surface area contributed by atoms with Crippen molar-refractivity contribution in [2.75, 3.05) is 4.72 Å². The Labute approximate surface area is 115 Å². The van der Waals surface area contributed by atoms with Crippen LogP contribution >= 0.6 is 23.8 Å². The topological polar surface area (TPSA) is 72.2 Å². The first-order valence-corrected chi connectivity index (χ1v) is 7.37. The Kier molecular flexibility index (Phi) is 4.89. The first-order chi connectivity index (χ1) is 8.29. The van der Waals surface area contributed by atoms with Crippen molar-refractivity contribution in [1.82, 2.24) is 0 Å². The normalized spacial score (nSPS) is 13.1. The van der Waals surface area contributed by atoms with E-state index in [1.807, 2.05) is 0 Å². The van der Waals surface area contributed by atoms with Crippen LogP contribution in [-0.4, -0.2) is 18.7 Å². The minimum atomic E-state index is -3.88. The van der Waals surface area contributed by atoms with Crippen LogP contribution in [0, 0.1) is 5.82 Å². The van der Waals surface area contributed by atoms with Gasteiger partial charge in [-0.3, -0.25) is 4.72 Å². The summed E-state index contributed by atoms with van der Waals surface area (Å²) in [6.45, 7) is 1.62. The van der Waals surface area contributed by atoms with E-state index >= 15 is 0 Å². The van der Waals surface area contributed by atoms with Gasteiger partial charge in [0.05, 0.1) is 15.7 Å². The number of hydrogen-bond donors (Lipinski definition) is 2. The summed E-state index contributed by atoms with van der Waals surface area (Å²) in [7, 11) is -3.88. The van der Waals surface area contributed by atoms with Gasteiger partial charge in [0, 0.05) is 0 Å². The first kappa shape index (κ1) is 15.1. The van der Waals surface area contributed by atoms with Gasteiger partial charge >= 0.3 is 0 Å². The van der Waals surface area contributed by atoms with Gasteiger partial charge in [0.1, 0.15) is 5.25 Å². The highest BCUT2D eigenvalue weighted by Crippen LogP contribution is 2.24. The molecule has 1 aromatic rings. The Morgan fingerprint density at radius 2 is 2.22 bits per heavy atom. The quantitative estimate of drug-likeness (QED) is 0.819. The van der Waals surface area contributed by atoms with Crippen molar-refractivity contribution >= 4 is 44.5 Å². The van der Waals surface area contributed by atoms with E-state index < -0.39 is 21.1 Å². The zero-order valence-corrected chi connectivity index (χ0v) is 11.9. The van der Waals surface area contributed by atoms with Crippen molar-refractivity contribution in [2.24, 2.45) is 5.73 Å². The second kappa shape index (κ2) is 5.81. The van der Waals surface area contributed by atoms with Crippen molar-refractivity contribution in [3.63, 3.8) is 0 Å². The molecule has 0 amide bonds. The van der Waals surface area contributed by atoms with Gasteiger partial charge in [-0.15, -0.1) is 0 Å². The molecule has 18 heavy (non-hydrogen) atoms. The Bertz CT molecular complexity index is 563. The van der Waals surface area contributed by atoms with Crippen LogP contribution in [0.3, 0.4) is 0 Å². The second-order valence-electron chi connectivity index (χ2n) is 3.55. The summed E-state index contributed by atoms with van der Waals surface area (Å²) < 4.78 is 39.6. The molecule has 8 heteroatoms. The Morgan fingerprint density at radius 1 is 1.61 bits per heavy atom. The molecular weight excluding hydrogens is 299 g/mol. The summed E-state index contributed by atoms with van der Waals surface area (Å²) in [5.41, 5.74) is 5.12. The summed E-state index contributed by atoms with van der Waals surface area (Å²) in [4.78, 5) is -0.160. The molecule has 1 aromatic carbocycles. The highest BCUT2D eigenvalue weighted by atomic mass is 35.5. The van der Waals surface area contributed by atoms with Gasteiger partial charge in [-0.1, -0.05) is 36.8 Å². The van der Waals surface area contributed by atoms with Gasteiger partial charge in [0.15, 0.2) is 5.82 Å². The number of nitrogens with two attached hydrogens (primary N) is 1. The van der Waals surface area contributed by atoms with Crippen molar-refractivity contribution in [3.05, 3.63) is 29.0 Å². The lowest BCUT2D eigenvalue weighted by Gasteiger charge is -2.16. The Balaban J connectivity index is 3.10. The molecule has 0 aliphatic rings. The lowest BCUT2D eigenvalue weighted by molar-refractivity contribution is 0.592. The maximum atomic E-state index is 13.6. The van der Waals surface area contributed by atoms with E-state index in [9.17, 15) is 12.8 Å². The van der Waals surface area contributed by atoms with Crippen LogP contribution in [0.1, 0.15) is 13.3 Å². The van der Waals surface area contributed by atoms with Crippen LogP contribution in [0.2, 0.25) is 5.02 Å². The van der Waals surface area contributed by atoms with Crippen LogP contribution in [0.4, 0.5) is 10.1 Å². The molecule has 1 atom stereocenters. The van der Waals surface area contributed by atoms with Gasteiger partial charge in [0.2, 0.25) is 10.0 Å². The number of rotatable bonds is 5.